The summed E-state index contributed by atoms with van der Waals surface area (Å²) in [7, 11) is -8.75. The molecule has 3 aromatic carbocycles. The number of rotatable bonds is 7. The number of nitrogens with one attached hydrogen (secondary N) is 1. The molecule has 12 heteroatoms. The standard InChI is InChI=1S/C37H36N2O8S2/c1-36(2)28-20-26(48(42,43)44)14-16-30(28)38-32(36)18-12-22-6-5-7-23(34(22)24-8-10-25(11-9-24)35(40)41)13-19-33-37(3,4)29-21-27(49(45,46)47)15-17-31(29)39-33/h8-21,38H,5-7H2,1-4H3,(H,40,41)(H,42,43,44)(H,45,46,47)/b19-13+,22-12+,32-18+. The van der Waals surface area contributed by atoms with Crippen LogP contribution in [0.25, 0.3) is 5.57 Å². The molecule has 0 bridgehead atoms. The quantitative estimate of drug-likeness (QED) is 0.181. The van der Waals surface area contributed by atoms with Crippen LogP contribution in [-0.4, -0.2) is 42.7 Å². The molecule has 3 aliphatic rings. The van der Waals surface area contributed by atoms with E-state index in [0.717, 1.165) is 64.2 Å². The van der Waals surface area contributed by atoms with Crippen molar-refractivity contribution in [2.75, 3.05) is 5.32 Å². The van der Waals surface area contributed by atoms with Crippen LogP contribution in [0.4, 0.5) is 11.4 Å². The Morgan fingerprint density at radius 1 is 0.796 bits per heavy atom. The minimum atomic E-state index is -4.38. The van der Waals surface area contributed by atoms with E-state index >= 15 is 0 Å². The van der Waals surface area contributed by atoms with Crippen LogP contribution in [0.5, 0.6) is 0 Å². The van der Waals surface area contributed by atoms with Gasteiger partial charge in [-0.1, -0.05) is 52.0 Å². The number of benzene rings is 3. The maximum absolute atomic E-state index is 11.8. The first-order valence-corrected chi connectivity index (χ1v) is 18.5. The van der Waals surface area contributed by atoms with Crippen LogP contribution in [0.2, 0.25) is 0 Å². The first-order chi connectivity index (χ1) is 22.9. The van der Waals surface area contributed by atoms with E-state index in [0.29, 0.717) is 11.3 Å². The number of hydrogen-bond acceptors (Lipinski definition) is 7. The molecule has 10 nitrogen and oxygen atoms in total. The topological polar surface area (TPSA) is 170 Å². The van der Waals surface area contributed by atoms with Gasteiger partial charge in [0.2, 0.25) is 0 Å². The zero-order chi connectivity index (χ0) is 35.5. The fraction of sp³-hybridized carbons (Fsp3) is 0.243. The normalized spacial score (nSPS) is 20.0. The first-order valence-electron chi connectivity index (χ1n) is 15.6. The Morgan fingerprint density at radius 3 is 2.06 bits per heavy atom. The van der Waals surface area contributed by atoms with E-state index < -0.39 is 37.0 Å². The Labute approximate surface area is 285 Å². The molecule has 0 atom stereocenters. The summed E-state index contributed by atoms with van der Waals surface area (Å²) in [5.74, 6) is -1.02. The fourth-order valence-electron chi connectivity index (χ4n) is 6.71. The number of carboxylic acids is 1. The van der Waals surface area contributed by atoms with Crippen molar-refractivity contribution in [3.63, 3.8) is 0 Å². The third kappa shape index (κ3) is 6.44. The fourth-order valence-corrected chi connectivity index (χ4v) is 7.72. The lowest BCUT2D eigenvalue weighted by molar-refractivity contribution is 0.0696. The highest BCUT2D eigenvalue weighted by Crippen LogP contribution is 2.45. The lowest BCUT2D eigenvalue weighted by atomic mass is 9.79. The van der Waals surface area contributed by atoms with Crippen molar-refractivity contribution in [2.45, 2.75) is 67.6 Å². The summed E-state index contributed by atoms with van der Waals surface area (Å²) in [5.41, 5.74) is 7.17. The van der Waals surface area contributed by atoms with E-state index in [9.17, 15) is 35.8 Å². The van der Waals surface area contributed by atoms with Crippen molar-refractivity contribution < 1.29 is 35.8 Å². The zero-order valence-corrected chi connectivity index (χ0v) is 29.0. The SMILES string of the molecule is CC1(C)C(/C=C/C2=C(c3ccc(C(=O)O)cc3)C(=C/C=C3/Nc4ccc(S(=O)(=O)O)cc4C3(C)C)/CCC2)=Nc2ccc(S(=O)(=O)O)cc21. The summed E-state index contributed by atoms with van der Waals surface area (Å²) in [6.45, 7) is 7.84. The third-order valence-corrected chi connectivity index (χ3v) is 11.3. The van der Waals surface area contributed by atoms with Crippen molar-refractivity contribution in [1.29, 1.82) is 0 Å². The van der Waals surface area contributed by atoms with Gasteiger partial charge in [0.1, 0.15) is 0 Å². The van der Waals surface area contributed by atoms with Crippen LogP contribution < -0.4 is 5.32 Å². The van der Waals surface area contributed by atoms with Gasteiger partial charge in [0.05, 0.1) is 26.8 Å². The van der Waals surface area contributed by atoms with Gasteiger partial charge in [-0.15, -0.1) is 0 Å². The molecule has 0 unspecified atom stereocenters. The average Bonchev–Trinajstić information content (AvgIpc) is 3.44. The Bertz CT molecular complexity index is 2290. The molecule has 6 rings (SSSR count). The molecule has 0 spiro atoms. The Kier molecular flexibility index (Phi) is 8.43. The van der Waals surface area contributed by atoms with E-state index in [-0.39, 0.29) is 15.4 Å². The van der Waals surface area contributed by atoms with Gasteiger partial charge in [0, 0.05) is 22.2 Å². The Morgan fingerprint density at radius 2 is 1.43 bits per heavy atom. The van der Waals surface area contributed by atoms with Gasteiger partial charge in [-0.05, 0) is 113 Å². The van der Waals surface area contributed by atoms with E-state index in [1.54, 1.807) is 36.4 Å². The highest BCUT2D eigenvalue weighted by atomic mass is 32.2. The summed E-state index contributed by atoms with van der Waals surface area (Å²) in [4.78, 5) is 16.0. The lowest BCUT2D eigenvalue weighted by Crippen LogP contribution is -2.24. The molecule has 0 saturated heterocycles. The highest BCUT2D eigenvalue weighted by Gasteiger charge is 2.36. The van der Waals surface area contributed by atoms with Crippen LogP contribution in [-0.2, 0) is 31.1 Å². The van der Waals surface area contributed by atoms with Crippen molar-refractivity contribution in [3.05, 3.63) is 124 Å². The second kappa shape index (κ2) is 12.1. The molecule has 254 valence electrons. The summed E-state index contributed by atoms with van der Waals surface area (Å²) in [6, 6.07) is 15.6. The van der Waals surface area contributed by atoms with Gasteiger partial charge in [0.25, 0.3) is 20.2 Å². The van der Waals surface area contributed by atoms with Crippen LogP contribution in [0.1, 0.15) is 74.0 Å². The third-order valence-electron chi connectivity index (χ3n) is 9.57. The predicted octanol–water partition coefficient (Wildman–Crippen LogP) is 7.65. The Balaban J connectivity index is 1.41. The van der Waals surface area contributed by atoms with Gasteiger partial charge in [-0.3, -0.25) is 14.1 Å². The van der Waals surface area contributed by atoms with E-state index in [1.165, 1.54) is 24.3 Å². The zero-order valence-electron chi connectivity index (χ0n) is 27.4. The molecule has 0 fully saturated rings. The minimum Gasteiger partial charge on any atom is -0.478 e. The van der Waals surface area contributed by atoms with Gasteiger partial charge in [-0.25, -0.2) is 4.79 Å². The lowest BCUT2D eigenvalue weighted by Gasteiger charge is -2.24. The van der Waals surface area contributed by atoms with Crippen molar-refractivity contribution in [2.24, 2.45) is 4.99 Å². The predicted molar refractivity (Wildman–Crippen MR) is 189 cm³/mol. The molecule has 1 aliphatic carbocycles. The van der Waals surface area contributed by atoms with Gasteiger partial charge < -0.3 is 10.4 Å². The van der Waals surface area contributed by atoms with Crippen molar-refractivity contribution >= 4 is 48.9 Å². The van der Waals surface area contributed by atoms with Crippen LogP contribution >= 0.6 is 0 Å². The van der Waals surface area contributed by atoms with Gasteiger partial charge in [-0.2, -0.15) is 16.8 Å². The second-order valence-corrected chi connectivity index (χ2v) is 16.3. The van der Waals surface area contributed by atoms with Crippen LogP contribution in [0.15, 0.2) is 117 Å². The van der Waals surface area contributed by atoms with E-state index in [2.05, 4.69) is 5.32 Å². The number of aromatic carboxylic acids is 1. The number of hydrogen-bond donors (Lipinski definition) is 4. The second-order valence-electron chi connectivity index (χ2n) is 13.5. The summed E-state index contributed by atoms with van der Waals surface area (Å²) < 4.78 is 66.5. The van der Waals surface area contributed by atoms with Crippen LogP contribution in [0, 0.1) is 0 Å². The largest absolute Gasteiger partial charge is 0.478 e. The smallest absolute Gasteiger partial charge is 0.335 e. The van der Waals surface area contributed by atoms with E-state index in [4.69, 9.17) is 4.99 Å². The van der Waals surface area contributed by atoms with E-state index in [1.807, 2.05) is 52.0 Å². The number of nitrogens with zero attached hydrogens (tertiary/aromatic N) is 1. The molecule has 0 radical (unpaired) electrons. The average molecular weight is 701 g/mol. The number of carbonyl (C=O) groups is 1. The first kappa shape index (κ1) is 34.3. The molecular formula is C37H36N2O8S2. The molecule has 3 aromatic rings. The number of allylic oxidation sites excluding steroid dienone is 8. The van der Waals surface area contributed by atoms with Crippen molar-refractivity contribution in [1.82, 2.24) is 0 Å². The maximum Gasteiger partial charge on any atom is 0.335 e. The molecule has 0 saturated carbocycles. The van der Waals surface area contributed by atoms with Crippen LogP contribution in [0.3, 0.4) is 0 Å². The Hall–Kier alpha value is -4.62. The molecule has 0 aromatic heterocycles. The molecule has 2 heterocycles. The van der Waals surface area contributed by atoms with Gasteiger partial charge >= 0.3 is 5.97 Å². The summed E-state index contributed by atoms with van der Waals surface area (Å²) in [5, 5.41) is 12.9. The number of fused-ring (bicyclic) bond motifs is 2. The number of anilines is 1. The summed E-state index contributed by atoms with van der Waals surface area (Å²) in [6.07, 6.45) is 10.3. The maximum atomic E-state index is 11.8. The number of aliphatic imine (C=N–C) groups is 1. The van der Waals surface area contributed by atoms with Gasteiger partial charge in [0.15, 0.2) is 0 Å². The highest BCUT2D eigenvalue weighted by molar-refractivity contribution is 7.86. The monoisotopic (exact) mass is 700 g/mol. The molecular weight excluding hydrogens is 665 g/mol. The molecule has 4 N–H and O–H groups in total. The molecule has 49 heavy (non-hydrogen) atoms. The minimum absolute atomic E-state index is 0.170. The number of carboxylic acid groups (broad SMARTS) is 1. The summed E-state index contributed by atoms with van der Waals surface area (Å²) >= 11 is 0. The molecule has 0 amide bonds. The van der Waals surface area contributed by atoms with Crippen molar-refractivity contribution in [3.8, 4) is 0 Å². The molecule has 2 aliphatic heterocycles.